The number of benzene rings is 2. The first-order valence-corrected chi connectivity index (χ1v) is 8.81. The van der Waals surface area contributed by atoms with Gasteiger partial charge in [-0.15, -0.1) is 0 Å². The minimum Gasteiger partial charge on any atom is -0.497 e. The lowest BCUT2D eigenvalue weighted by molar-refractivity contribution is -0.118. The highest BCUT2D eigenvalue weighted by molar-refractivity contribution is 5.93. The molecule has 0 atom stereocenters. The maximum Gasteiger partial charge on any atom is 0.247 e. The summed E-state index contributed by atoms with van der Waals surface area (Å²) in [4.78, 5) is 14.5. The Morgan fingerprint density at radius 1 is 1.22 bits per heavy atom. The molecule has 2 aromatic rings. The molecule has 27 heavy (non-hydrogen) atoms. The van der Waals surface area contributed by atoms with E-state index in [1.54, 1.807) is 7.11 Å². The normalized spacial score (nSPS) is 14.6. The topological polar surface area (TPSA) is 41.6 Å². The third-order valence-corrected chi connectivity index (χ3v) is 4.57. The van der Waals surface area contributed by atoms with Gasteiger partial charge in [-0.3, -0.25) is 9.69 Å². The summed E-state index contributed by atoms with van der Waals surface area (Å²) in [7, 11) is 1.64. The number of rotatable bonds is 6. The summed E-state index contributed by atoms with van der Waals surface area (Å²) in [6, 6.07) is 11.1. The number of nitrogens with zero attached hydrogens (tertiary/aromatic N) is 1. The van der Waals surface area contributed by atoms with Crippen LogP contribution in [0.3, 0.4) is 0 Å². The minimum absolute atomic E-state index is 0.0344. The number of halogens is 2. The van der Waals surface area contributed by atoms with Crippen LogP contribution in [0.1, 0.15) is 17.5 Å². The second-order valence-corrected chi connectivity index (χ2v) is 6.48. The standard InChI is InChI=1S/C21H22F2N2O2/c1-27-19-4-2-3-15(11-19)14-25-9-7-16(8-10-25)21(26)24-13-17-12-18(22)5-6-20(17)23/h2-7,11-12H,8-10,13-14H2,1H3,(H,24,26). The first kappa shape index (κ1) is 19.0. The number of hydrogen-bond donors (Lipinski definition) is 1. The molecule has 0 aromatic heterocycles. The van der Waals surface area contributed by atoms with Gasteiger partial charge in [0.15, 0.2) is 0 Å². The molecule has 1 heterocycles. The third kappa shape index (κ3) is 5.14. The molecular formula is C21H22F2N2O2. The lowest BCUT2D eigenvalue weighted by Crippen LogP contribution is -2.33. The quantitative estimate of drug-likeness (QED) is 0.845. The largest absolute Gasteiger partial charge is 0.497 e. The van der Waals surface area contributed by atoms with E-state index in [4.69, 9.17) is 4.74 Å². The summed E-state index contributed by atoms with van der Waals surface area (Å²) in [6.07, 6.45) is 2.50. The molecule has 142 valence electrons. The molecule has 0 aliphatic carbocycles. The molecule has 1 aliphatic rings. The van der Waals surface area contributed by atoms with E-state index in [-0.39, 0.29) is 18.0 Å². The van der Waals surface area contributed by atoms with Crippen LogP contribution in [0.4, 0.5) is 8.78 Å². The molecule has 1 amide bonds. The zero-order chi connectivity index (χ0) is 19.2. The number of carbonyl (C=O) groups excluding carboxylic acids is 1. The summed E-state index contributed by atoms with van der Waals surface area (Å²) in [5.74, 6) is -0.464. The predicted molar refractivity (Wildman–Crippen MR) is 99.2 cm³/mol. The number of nitrogens with one attached hydrogen (secondary N) is 1. The summed E-state index contributed by atoms with van der Waals surface area (Å²) in [5, 5.41) is 2.67. The van der Waals surface area contributed by atoms with Crippen LogP contribution in [0.15, 0.2) is 54.1 Å². The zero-order valence-corrected chi connectivity index (χ0v) is 15.2. The number of amides is 1. The Morgan fingerprint density at radius 2 is 2.07 bits per heavy atom. The fraction of sp³-hybridized carbons (Fsp3) is 0.286. The molecule has 0 saturated carbocycles. The van der Waals surface area contributed by atoms with E-state index in [1.807, 2.05) is 30.3 Å². The van der Waals surface area contributed by atoms with Crippen LogP contribution in [-0.4, -0.2) is 31.0 Å². The van der Waals surface area contributed by atoms with Gasteiger partial charge in [-0.05, 0) is 42.3 Å². The highest BCUT2D eigenvalue weighted by Gasteiger charge is 2.17. The van der Waals surface area contributed by atoms with Crippen molar-refractivity contribution in [2.45, 2.75) is 19.5 Å². The van der Waals surface area contributed by atoms with E-state index in [0.717, 1.165) is 42.6 Å². The van der Waals surface area contributed by atoms with Gasteiger partial charge >= 0.3 is 0 Å². The van der Waals surface area contributed by atoms with Crippen LogP contribution in [0, 0.1) is 11.6 Å². The van der Waals surface area contributed by atoms with Crippen molar-refractivity contribution < 1.29 is 18.3 Å². The Morgan fingerprint density at radius 3 is 2.81 bits per heavy atom. The van der Waals surface area contributed by atoms with Gasteiger partial charge in [-0.2, -0.15) is 0 Å². The maximum absolute atomic E-state index is 13.6. The molecule has 0 bridgehead atoms. The van der Waals surface area contributed by atoms with Gasteiger partial charge < -0.3 is 10.1 Å². The van der Waals surface area contributed by atoms with Crippen LogP contribution in [0.2, 0.25) is 0 Å². The Hall–Kier alpha value is -2.73. The van der Waals surface area contributed by atoms with E-state index in [1.165, 1.54) is 0 Å². The number of ether oxygens (including phenoxy) is 1. The van der Waals surface area contributed by atoms with Gasteiger partial charge in [0.1, 0.15) is 17.4 Å². The lowest BCUT2D eigenvalue weighted by Gasteiger charge is -2.26. The molecule has 0 fully saturated rings. The third-order valence-electron chi connectivity index (χ3n) is 4.57. The molecule has 0 unspecified atom stereocenters. The lowest BCUT2D eigenvalue weighted by atomic mass is 10.1. The average molecular weight is 372 g/mol. The van der Waals surface area contributed by atoms with Crippen LogP contribution in [0.5, 0.6) is 5.75 Å². The minimum atomic E-state index is -0.529. The first-order chi connectivity index (χ1) is 13.0. The van der Waals surface area contributed by atoms with Gasteiger partial charge in [-0.1, -0.05) is 18.2 Å². The molecular weight excluding hydrogens is 350 g/mol. The van der Waals surface area contributed by atoms with E-state index in [0.29, 0.717) is 18.5 Å². The van der Waals surface area contributed by atoms with Crippen molar-refractivity contribution in [3.63, 3.8) is 0 Å². The Balaban J connectivity index is 1.53. The SMILES string of the molecule is COc1cccc(CN2CC=C(C(=O)NCc3cc(F)ccc3F)CC2)c1. The fourth-order valence-corrected chi connectivity index (χ4v) is 3.06. The second kappa shape index (κ2) is 8.77. The van der Waals surface area contributed by atoms with Crippen LogP contribution < -0.4 is 10.1 Å². The van der Waals surface area contributed by atoms with Crippen LogP contribution in [-0.2, 0) is 17.9 Å². The monoisotopic (exact) mass is 372 g/mol. The summed E-state index contributed by atoms with van der Waals surface area (Å²) in [5.41, 5.74) is 1.96. The van der Waals surface area contributed by atoms with Gasteiger partial charge in [0.25, 0.3) is 0 Å². The molecule has 3 rings (SSSR count). The zero-order valence-electron chi connectivity index (χ0n) is 15.2. The molecule has 4 nitrogen and oxygen atoms in total. The molecule has 6 heteroatoms. The Bertz CT molecular complexity index is 852. The van der Waals surface area contributed by atoms with Gasteiger partial charge in [0, 0.05) is 37.3 Å². The van der Waals surface area contributed by atoms with Crippen LogP contribution >= 0.6 is 0 Å². The Kier molecular flexibility index (Phi) is 6.19. The second-order valence-electron chi connectivity index (χ2n) is 6.48. The fourth-order valence-electron chi connectivity index (χ4n) is 3.06. The van der Waals surface area contributed by atoms with Crippen LogP contribution in [0.25, 0.3) is 0 Å². The number of hydrogen-bond acceptors (Lipinski definition) is 3. The summed E-state index contributed by atoms with van der Waals surface area (Å²) >= 11 is 0. The van der Waals surface area contributed by atoms with E-state index >= 15 is 0 Å². The van der Waals surface area contributed by atoms with Crippen molar-refractivity contribution in [2.24, 2.45) is 0 Å². The number of carbonyl (C=O) groups is 1. The summed E-state index contributed by atoms with van der Waals surface area (Å²) < 4.78 is 32.1. The molecule has 0 spiro atoms. The molecule has 2 aromatic carbocycles. The Labute approximate surface area is 157 Å². The highest BCUT2D eigenvalue weighted by Crippen LogP contribution is 2.18. The summed E-state index contributed by atoms with van der Waals surface area (Å²) in [6.45, 7) is 2.16. The van der Waals surface area contributed by atoms with E-state index in [2.05, 4.69) is 10.2 Å². The first-order valence-electron chi connectivity index (χ1n) is 8.81. The predicted octanol–water partition coefficient (Wildman–Crippen LogP) is 3.42. The van der Waals surface area contributed by atoms with Gasteiger partial charge in [0.05, 0.1) is 7.11 Å². The van der Waals surface area contributed by atoms with Crippen molar-refractivity contribution in [2.75, 3.05) is 20.2 Å². The average Bonchev–Trinajstić information content (AvgIpc) is 2.69. The van der Waals surface area contributed by atoms with Crippen molar-refractivity contribution in [1.82, 2.24) is 10.2 Å². The van der Waals surface area contributed by atoms with Crippen molar-refractivity contribution in [3.05, 3.63) is 76.9 Å². The van der Waals surface area contributed by atoms with Crippen molar-refractivity contribution >= 4 is 5.91 Å². The molecule has 1 aliphatic heterocycles. The molecule has 0 radical (unpaired) electrons. The molecule has 1 N–H and O–H groups in total. The highest BCUT2D eigenvalue weighted by atomic mass is 19.1. The maximum atomic E-state index is 13.6. The smallest absolute Gasteiger partial charge is 0.247 e. The molecule has 0 saturated heterocycles. The van der Waals surface area contributed by atoms with Gasteiger partial charge in [-0.25, -0.2) is 8.78 Å². The van der Waals surface area contributed by atoms with Gasteiger partial charge in [0.2, 0.25) is 5.91 Å². The van der Waals surface area contributed by atoms with E-state index in [9.17, 15) is 13.6 Å². The number of methoxy groups -OCH3 is 1. The van der Waals surface area contributed by atoms with E-state index < -0.39 is 11.6 Å². The van der Waals surface area contributed by atoms with Crippen molar-refractivity contribution in [1.29, 1.82) is 0 Å². The van der Waals surface area contributed by atoms with Crippen molar-refractivity contribution in [3.8, 4) is 5.75 Å².